The average Bonchev–Trinajstić information content (AvgIpc) is 3.50. The van der Waals surface area contributed by atoms with Gasteiger partial charge in [-0.2, -0.15) is 0 Å². The van der Waals surface area contributed by atoms with Crippen molar-refractivity contribution in [1.82, 2.24) is 15.2 Å². The maximum Gasteiger partial charge on any atom is 0.410 e. The van der Waals surface area contributed by atoms with E-state index in [1.807, 2.05) is 57.3 Å². The van der Waals surface area contributed by atoms with Gasteiger partial charge in [0, 0.05) is 42.1 Å². The molecular formula is C33H46FN3O5Si. The van der Waals surface area contributed by atoms with Crippen LogP contribution in [0.2, 0.25) is 18.1 Å². The van der Waals surface area contributed by atoms with Crippen molar-refractivity contribution in [1.29, 1.82) is 0 Å². The number of aromatic amines is 1. The smallest absolute Gasteiger partial charge is 0.410 e. The SMILES string of the molecule is CC(C)(C)OC(=O)N1C[C@H](O[Si](C)(C)C(C)(C)C)C[C@H]1[C@@H](CNC(=O)OCc1ccccc1)c1c[nH]c2cc(F)ccc12. The average molecular weight is 612 g/mol. The number of nitrogens with zero attached hydrogens (tertiary/aromatic N) is 1. The maximum atomic E-state index is 14.1. The summed E-state index contributed by atoms with van der Waals surface area (Å²) in [6, 6.07) is 13.7. The number of ether oxygens (including phenoxy) is 2. The number of likely N-dealkylation sites (tertiary alicyclic amines) is 1. The van der Waals surface area contributed by atoms with Gasteiger partial charge in [-0.15, -0.1) is 0 Å². The second-order valence-corrected chi connectivity index (χ2v) is 18.7. The third-order valence-electron chi connectivity index (χ3n) is 8.42. The third-order valence-corrected chi connectivity index (χ3v) is 13.0. The number of carbonyl (C=O) groups excluding carboxylic acids is 2. The molecule has 3 aromatic rings. The van der Waals surface area contributed by atoms with Crippen molar-refractivity contribution in [2.75, 3.05) is 13.1 Å². The Balaban J connectivity index is 1.65. The second-order valence-electron chi connectivity index (χ2n) is 13.9. The number of hydrogen-bond donors (Lipinski definition) is 2. The van der Waals surface area contributed by atoms with Crippen LogP contribution < -0.4 is 5.32 Å². The number of aromatic nitrogens is 1. The van der Waals surface area contributed by atoms with Crippen LogP contribution >= 0.6 is 0 Å². The number of fused-ring (bicyclic) bond motifs is 1. The standard InChI is InChI=1S/C33H46FN3O5Si/c1-32(2,3)41-31(39)37-20-24(42-43(7,8)33(4,5)6)17-29(37)27(26-18-35-28-16-23(34)14-15-25(26)28)19-36-30(38)40-21-22-12-10-9-11-13-22/h9-16,18,24,27,29,35H,17,19-21H2,1-8H3,(H,36,38)/t24-,27+,29+/m1/s1. The van der Waals surface area contributed by atoms with E-state index in [2.05, 4.69) is 44.2 Å². The Morgan fingerprint density at radius 1 is 1.09 bits per heavy atom. The van der Waals surface area contributed by atoms with Crippen LogP contribution in [-0.2, 0) is 20.5 Å². The summed E-state index contributed by atoms with van der Waals surface area (Å²) in [4.78, 5) is 31.4. The van der Waals surface area contributed by atoms with E-state index in [1.54, 1.807) is 11.0 Å². The van der Waals surface area contributed by atoms with E-state index in [-0.39, 0.29) is 42.1 Å². The molecular weight excluding hydrogens is 565 g/mol. The van der Waals surface area contributed by atoms with Gasteiger partial charge >= 0.3 is 12.2 Å². The molecule has 43 heavy (non-hydrogen) atoms. The molecule has 10 heteroatoms. The molecule has 3 atom stereocenters. The molecule has 1 aliphatic rings. The van der Waals surface area contributed by atoms with Crippen molar-refractivity contribution < 1.29 is 27.9 Å². The zero-order chi connectivity index (χ0) is 31.6. The highest BCUT2D eigenvalue weighted by atomic mass is 28.4. The van der Waals surface area contributed by atoms with Crippen LogP contribution in [0.25, 0.3) is 10.9 Å². The van der Waals surface area contributed by atoms with Crippen LogP contribution in [0, 0.1) is 5.82 Å². The molecule has 4 rings (SSSR count). The normalized spacial score (nSPS) is 18.5. The highest BCUT2D eigenvalue weighted by Crippen LogP contribution is 2.41. The first-order chi connectivity index (χ1) is 20.0. The number of halogens is 1. The minimum absolute atomic E-state index is 0.00772. The lowest BCUT2D eigenvalue weighted by molar-refractivity contribution is 0.0191. The molecule has 0 spiro atoms. The third kappa shape index (κ3) is 8.17. The number of alkyl carbamates (subject to hydrolysis) is 1. The summed E-state index contributed by atoms with van der Waals surface area (Å²) in [6.45, 7) is 17.2. The van der Waals surface area contributed by atoms with Gasteiger partial charge in [0.2, 0.25) is 0 Å². The highest BCUT2D eigenvalue weighted by molar-refractivity contribution is 6.74. The van der Waals surface area contributed by atoms with Crippen molar-refractivity contribution >= 4 is 31.4 Å². The molecule has 2 aromatic carbocycles. The zero-order valence-corrected chi connectivity index (χ0v) is 27.6. The van der Waals surface area contributed by atoms with Gasteiger partial charge in [0.25, 0.3) is 0 Å². The van der Waals surface area contributed by atoms with Gasteiger partial charge in [-0.3, -0.25) is 0 Å². The summed E-state index contributed by atoms with van der Waals surface area (Å²) in [5.41, 5.74) is 1.70. The molecule has 1 aliphatic heterocycles. The molecule has 0 radical (unpaired) electrons. The minimum Gasteiger partial charge on any atom is -0.445 e. The Kier molecular flexibility index (Phi) is 9.61. The predicted molar refractivity (Wildman–Crippen MR) is 169 cm³/mol. The summed E-state index contributed by atoms with van der Waals surface area (Å²) in [7, 11) is -2.16. The largest absolute Gasteiger partial charge is 0.445 e. The predicted octanol–water partition coefficient (Wildman–Crippen LogP) is 7.72. The number of hydrogen-bond acceptors (Lipinski definition) is 5. The summed E-state index contributed by atoms with van der Waals surface area (Å²) in [6.07, 6.45) is 1.21. The minimum atomic E-state index is -2.16. The summed E-state index contributed by atoms with van der Waals surface area (Å²) >= 11 is 0. The molecule has 1 saturated heterocycles. The van der Waals surface area contributed by atoms with Crippen LogP contribution in [0.5, 0.6) is 0 Å². The number of carbonyl (C=O) groups is 2. The van der Waals surface area contributed by atoms with Crippen molar-refractivity contribution in [2.24, 2.45) is 0 Å². The van der Waals surface area contributed by atoms with Gasteiger partial charge in [-0.05, 0) is 74.7 Å². The molecule has 234 valence electrons. The van der Waals surface area contributed by atoms with Gasteiger partial charge in [-0.25, -0.2) is 14.0 Å². The number of H-pyrrole nitrogens is 1. The Bertz CT molecular complexity index is 1410. The lowest BCUT2D eigenvalue weighted by Gasteiger charge is -2.38. The molecule has 2 heterocycles. The molecule has 0 aliphatic carbocycles. The Hall–Kier alpha value is -3.37. The molecule has 1 aromatic heterocycles. The van der Waals surface area contributed by atoms with Crippen molar-refractivity contribution in [3.8, 4) is 0 Å². The lowest BCUT2D eigenvalue weighted by atomic mass is 9.89. The van der Waals surface area contributed by atoms with Crippen molar-refractivity contribution in [2.45, 2.75) is 96.4 Å². The van der Waals surface area contributed by atoms with E-state index >= 15 is 0 Å². The Labute approximate surface area is 255 Å². The maximum absolute atomic E-state index is 14.1. The fourth-order valence-corrected chi connectivity index (χ4v) is 6.62. The lowest BCUT2D eigenvalue weighted by Crippen LogP contribution is -2.46. The van der Waals surface area contributed by atoms with E-state index < -0.39 is 26.1 Å². The Morgan fingerprint density at radius 3 is 2.44 bits per heavy atom. The molecule has 2 N–H and O–H groups in total. The van der Waals surface area contributed by atoms with Crippen molar-refractivity contribution in [3.63, 3.8) is 0 Å². The van der Waals surface area contributed by atoms with E-state index in [1.165, 1.54) is 12.1 Å². The molecule has 0 unspecified atom stereocenters. The molecule has 2 amide bonds. The monoisotopic (exact) mass is 611 g/mol. The first-order valence-corrected chi connectivity index (χ1v) is 17.8. The van der Waals surface area contributed by atoms with Crippen LogP contribution in [0.1, 0.15) is 65.0 Å². The first-order valence-electron chi connectivity index (χ1n) is 14.9. The highest BCUT2D eigenvalue weighted by Gasteiger charge is 2.47. The number of rotatable bonds is 8. The van der Waals surface area contributed by atoms with Gasteiger partial charge in [0.15, 0.2) is 8.32 Å². The summed E-state index contributed by atoms with van der Waals surface area (Å²) in [5.74, 6) is -0.705. The quantitative estimate of drug-likeness (QED) is 0.255. The molecule has 8 nitrogen and oxygen atoms in total. The van der Waals surface area contributed by atoms with Gasteiger partial charge < -0.3 is 29.1 Å². The summed E-state index contributed by atoms with van der Waals surface area (Å²) < 4.78 is 32.2. The fourth-order valence-electron chi connectivity index (χ4n) is 5.27. The topological polar surface area (TPSA) is 92.9 Å². The van der Waals surface area contributed by atoms with Crippen molar-refractivity contribution in [3.05, 3.63) is 71.7 Å². The van der Waals surface area contributed by atoms with E-state index in [0.29, 0.717) is 18.5 Å². The van der Waals surface area contributed by atoms with E-state index in [0.717, 1.165) is 16.5 Å². The van der Waals surface area contributed by atoms with Gasteiger partial charge in [0.05, 0.1) is 6.10 Å². The van der Waals surface area contributed by atoms with E-state index in [9.17, 15) is 14.0 Å². The Morgan fingerprint density at radius 2 is 1.79 bits per heavy atom. The molecule has 0 saturated carbocycles. The van der Waals surface area contributed by atoms with Crippen LogP contribution in [0.4, 0.5) is 14.0 Å². The number of nitrogens with one attached hydrogen (secondary N) is 2. The number of benzene rings is 2. The molecule has 1 fully saturated rings. The van der Waals surface area contributed by atoms with Gasteiger partial charge in [-0.1, -0.05) is 51.1 Å². The van der Waals surface area contributed by atoms with Gasteiger partial charge in [0.1, 0.15) is 18.0 Å². The number of amides is 2. The van der Waals surface area contributed by atoms with Crippen LogP contribution in [0.15, 0.2) is 54.7 Å². The van der Waals surface area contributed by atoms with Crippen LogP contribution in [0.3, 0.4) is 0 Å². The summed E-state index contributed by atoms with van der Waals surface area (Å²) in [5, 5.41) is 3.74. The zero-order valence-electron chi connectivity index (χ0n) is 26.6. The fraction of sp³-hybridized carbons (Fsp3) is 0.515. The first kappa shape index (κ1) is 32.5. The second kappa shape index (κ2) is 12.7. The van der Waals surface area contributed by atoms with Crippen LogP contribution in [-0.4, -0.2) is 61.2 Å². The molecule has 0 bridgehead atoms. The van der Waals surface area contributed by atoms with E-state index in [4.69, 9.17) is 13.9 Å².